The van der Waals surface area contributed by atoms with Gasteiger partial charge in [0.2, 0.25) is 0 Å². The summed E-state index contributed by atoms with van der Waals surface area (Å²) in [5.74, 6) is 0.557. The molecule has 1 amide bonds. The van der Waals surface area contributed by atoms with E-state index in [1.165, 1.54) is 0 Å². The maximum atomic E-state index is 13.0. The van der Waals surface area contributed by atoms with Crippen molar-refractivity contribution in [2.24, 2.45) is 0 Å². The third-order valence-electron chi connectivity index (χ3n) is 5.50. The number of aliphatic hydroxyl groups excluding tert-OH is 1. The van der Waals surface area contributed by atoms with Gasteiger partial charge in [0, 0.05) is 18.9 Å². The van der Waals surface area contributed by atoms with Crippen molar-refractivity contribution in [1.82, 2.24) is 14.9 Å². The number of nitrogens with zero attached hydrogens (tertiary/aromatic N) is 2. The summed E-state index contributed by atoms with van der Waals surface area (Å²) in [6, 6.07) is 9.26. The van der Waals surface area contributed by atoms with Gasteiger partial charge in [-0.05, 0) is 36.6 Å². The van der Waals surface area contributed by atoms with Gasteiger partial charge in [-0.3, -0.25) is 9.78 Å². The predicted molar refractivity (Wildman–Crippen MR) is 113 cm³/mol. The highest BCUT2D eigenvalue weighted by Crippen LogP contribution is 2.28. The molecule has 0 aliphatic heterocycles. The molecule has 1 aliphatic rings. The fourth-order valence-electron chi connectivity index (χ4n) is 3.93. The lowest BCUT2D eigenvalue weighted by Crippen LogP contribution is -2.45. The molecular formula is C22H24ClN3O3. The Labute approximate surface area is 174 Å². The van der Waals surface area contributed by atoms with E-state index in [4.69, 9.17) is 16.3 Å². The summed E-state index contributed by atoms with van der Waals surface area (Å²) in [6.45, 7) is 0.547. The summed E-state index contributed by atoms with van der Waals surface area (Å²) in [5, 5.41) is 13.7. The minimum absolute atomic E-state index is 0.226. The van der Waals surface area contributed by atoms with Crippen molar-refractivity contribution in [2.75, 3.05) is 7.11 Å². The van der Waals surface area contributed by atoms with Crippen LogP contribution in [-0.2, 0) is 6.54 Å². The number of aromatic nitrogens is 2. The molecule has 1 fully saturated rings. The largest absolute Gasteiger partial charge is 0.497 e. The first-order chi connectivity index (χ1) is 14.1. The number of fused-ring (bicyclic) bond motifs is 1. The van der Waals surface area contributed by atoms with E-state index in [0.29, 0.717) is 29.1 Å². The van der Waals surface area contributed by atoms with Crippen LogP contribution in [0.2, 0.25) is 5.02 Å². The van der Waals surface area contributed by atoms with E-state index < -0.39 is 6.10 Å². The third kappa shape index (κ3) is 4.09. The lowest BCUT2D eigenvalue weighted by Gasteiger charge is -2.28. The van der Waals surface area contributed by atoms with Crippen LogP contribution in [0.15, 0.2) is 42.7 Å². The number of pyridine rings is 1. The van der Waals surface area contributed by atoms with E-state index >= 15 is 0 Å². The Morgan fingerprint density at radius 3 is 2.76 bits per heavy atom. The van der Waals surface area contributed by atoms with E-state index in [1.54, 1.807) is 25.6 Å². The second-order valence-electron chi connectivity index (χ2n) is 7.44. The molecule has 3 aromatic rings. The van der Waals surface area contributed by atoms with Crippen LogP contribution in [0.1, 0.15) is 41.6 Å². The number of ether oxygens (including phenoxy) is 1. The molecule has 0 radical (unpaired) electrons. The maximum Gasteiger partial charge on any atom is 0.255 e. The Morgan fingerprint density at radius 2 is 2.03 bits per heavy atom. The molecule has 29 heavy (non-hydrogen) atoms. The minimum atomic E-state index is -0.503. The Morgan fingerprint density at radius 1 is 1.28 bits per heavy atom. The number of rotatable bonds is 5. The second-order valence-corrected chi connectivity index (χ2v) is 7.85. The first-order valence-electron chi connectivity index (χ1n) is 9.82. The van der Waals surface area contributed by atoms with Crippen LogP contribution < -0.4 is 10.1 Å². The number of carbonyl (C=O) groups excluding carboxylic acids is 1. The number of hydrogen-bond acceptors (Lipinski definition) is 4. The Kier molecular flexibility index (Phi) is 5.74. The topological polar surface area (TPSA) is 76.4 Å². The van der Waals surface area contributed by atoms with Gasteiger partial charge < -0.3 is 19.7 Å². The van der Waals surface area contributed by atoms with Crippen molar-refractivity contribution in [3.05, 3.63) is 58.9 Å². The lowest BCUT2D eigenvalue weighted by molar-refractivity contribution is 0.0718. The van der Waals surface area contributed by atoms with E-state index in [0.717, 1.165) is 36.1 Å². The van der Waals surface area contributed by atoms with Crippen molar-refractivity contribution in [3.8, 4) is 5.75 Å². The van der Waals surface area contributed by atoms with Gasteiger partial charge in [0.1, 0.15) is 11.3 Å². The highest BCUT2D eigenvalue weighted by Gasteiger charge is 2.27. The molecule has 1 saturated carbocycles. The van der Waals surface area contributed by atoms with Crippen LogP contribution in [0, 0.1) is 0 Å². The molecule has 6 nitrogen and oxygen atoms in total. The monoisotopic (exact) mass is 413 g/mol. The van der Waals surface area contributed by atoms with Gasteiger partial charge in [-0.2, -0.15) is 0 Å². The van der Waals surface area contributed by atoms with Crippen LogP contribution in [0.4, 0.5) is 0 Å². The van der Waals surface area contributed by atoms with Crippen molar-refractivity contribution in [1.29, 1.82) is 0 Å². The van der Waals surface area contributed by atoms with E-state index in [9.17, 15) is 9.90 Å². The molecule has 1 aliphatic carbocycles. The standard InChI is InChI=1S/C22H24ClN3O3/c1-29-15-8-6-14(7-9-15)12-26-13-16(20-21(26)17(23)10-11-24-20)22(28)25-18-4-2-3-5-19(18)27/h6-11,13,18-19,27H,2-5,12H2,1H3,(H,25,28)/t18-,19-/m0/s1. The number of hydrogen-bond donors (Lipinski definition) is 2. The lowest BCUT2D eigenvalue weighted by atomic mass is 9.92. The zero-order valence-electron chi connectivity index (χ0n) is 16.3. The maximum absolute atomic E-state index is 13.0. The highest BCUT2D eigenvalue weighted by atomic mass is 35.5. The van der Waals surface area contributed by atoms with Gasteiger partial charge in [0.25, 0.3) is 5.91 Å². The minimum Gasteiger partial charge on any atom is -0.497 e. The Bertz CT molecular complexity index is 1020. The van der Waals surface area contributed by atoms with Crippen LogP contribution in [0.3, 0.4) is 0 Å². The van der Waals surface area contributed by atoms with Crippen molar-refractivity contribution >= 4 is 28.5 Å². The molecule has 0 saturated heterocycles. The summed E-state index contributed by atoms with van der Waals surface area (Å²) in [6.07, 6.45) is 6.39. The fraction of sp³-hybridized carbons (Fsp3) is 0.364. The summed E-state index contributed by atoms with van der Waals surface area (Å²) in [4.78, 5) is 17.4. The van der Waals surface area contributed by atoms with Crippen molar-refractivity contribution in [3.63, 3.8) is 0 Å². The van der Waals surface area contributed by atoms with Gasteiger partial charge in [-0.25, -0.2) is 0 Å². The molecule has 2 aromatic heterocycles. The quantitative estimate of drug-likeness (QED) is 0.667. The predicted octanol–water partition coefficient (Wildman–Crippen LogP) is 3.78. The van der Waals surface area contributed by atoms with Crippen LogP contribution in [0.25, 0.3) is 11.0 Å². The zero-order chi connectivity index (χ0) is 20.4. The fourth-order valence-corrected chi connectivity index (χ4v) is 4.18. The summed E-state index contributed by atoms with van der Waals surface area (Å²) >= 11 is 6.46. The van der Waals surface area contributed by atoms with Gasteiger partial charge in [-0.1, -0.05) is 36.6 Å². The number of aliphatic hydroxyl groups is 1. The molecule has 2 atom stereocenters. The molecule has 2 N–H and O–H groups in total. The number of benzene rings is 1. The number of methoxy groups -OCH3 is 1. The summed E-state index contributed by atoms with van der Waals surface area (Å²) in [5.41, 5.74) is 2.80. The normalized spacial score (nSPS) is 19.3. The summed E-state index contributed by atoms with van der Waals surface area (Å²) < 4.78 is 7.16. The first-order valence-corrected chi connectivity index (χ1v) is 10.2. The highest BCUT2D eigenvalue weighted by molar-refractivity contribution is 6.35. The molecule has 7 heteroatoms. The average molecular weight is 414 g/mol. The van der Waals surface area contributed by atoms with E-state index in [1.807, 2.05) is 28.8 Å². The number of nitrogens with one attached hydrogen (secondary N) is 1. The second kappa shape index (κ2) is 8.43. The molecule has 0 spiro atoms. The van der Waals surface area contributed by atoms with Gasteiger partial charge >= 0.3 is 0 Å². The van der Waals surface area contributed by atoms with Crippen molar-refractivity contribution in [2.45, 2.75) is 44.4 Å². The molecule has 0 bridgehead atoms. The van der Waals surface area contributed by atoms with E-state index in [-0.39, 0.29) is 11.9 Å². The molecule has 4 rings (SSSR count). The van der Waals surface area contributed by atoms with E-state index in [2.05, 4.69) is 10.3 Å². The van der Waals surface area contributed by atoms with Gasteiger partial charge in [-0.15, -0.1) is 0 Å². The third-order valence-corrected chi connectivity index (χ3v) is 5.81. The first kappa shape index (κ1) is 19.7. The molecular weight excluding hydrogens is 390 g/mol. The molecule has 0 unspecified atom stereocenters. The van der Waals surface area contributed by atoms with Crippen LogP contribution in [0.5, 0.6) is 5.75 Å². The molecule has 1 aromatic carbocycles. The molecule has 152 valence electrons. The SMILES string of the molecule is COc1ccc(Cn2cc(C(=O)N[C@H]3CCCC[C@@H]3O)c3nccc(Cl)c32)cc1. The number of halogens is 1. The van der Waals surface area contributed by atoms with Crippen LogP contribution in [-0.4, -0.2) is 39.8 Å². The molecule has 2 heterocycles. The Hall–Kier alpha value is -2.57. The van der Waals surface area contributed by atoms with Crippen LogP contribution >= 0.6 is 11.6 Å². The number of amides is 1. The van der Waals surface area contributed by atoms with Gasteiger partial charge in [0.05, 0.1) is 35.4 Å². The van der Waals surface area contributed by atoms with Gasteiger partial charge in [0.15, 0.2) is 0 Å². The zero-order valence-corrected chi connectivity index (χ0v) is 17.0. The number of carbonyl (C=O) groups is 1. The average Bonchev–Trinajstić information content (AvgIpc) is 3.10. The summed E-state index contributed by atoms with van der Waals surface area (Å²) in [7, 11) is 1.63. The Balaban J connectivity index is 1.66. The van der Waals surface area contributed by atoms with Crippen molar-refractivity contribution < 1.29 is 14.6 Å². The smallest absolute Gasteiger partial charge is 0.255 e.